The Kier molecular flexibility index (Phi) is 3.59. The Morgan fingerprint density at radius 2 is 1.95 bits per heavy atom. The van der Waals surface area contributed by atoms with Crippen LogP contribution < -0.4 is 5.32 Å². The van der Waals surface area contributed by atoms with Crippen LogP contribution in [0.2, 0.25) is 0 Å². The molecular formula is C18H25NO. The van der Waals surface area contributed by atoms with E-state index in [2.05, 4.69) is 45.1 Å². The third-order valence-electron chi connectivity index (χ3n) is 4.56. The largest absolute Gasteiger partial charge is 0.459 e. The third-order valence-corrected chi connectivity index (χ3v) is 4.56. The normalized spacial score (nSPS) is 16.8. The predicted octanol–water partition coefficient (Wildman–Crippen LogP) is 4.81. The van der Waals surface area contributed by atoms with E-state index in [-0.39, 0.29) is 0 Å². The molecule has 2 aromatic rings. The first-order chi connectivity index (χ1) is 9.61. The Balaban J connectivity index is 2.02. The van der Waals surface area contributed by atoms with E-state index in [1.165, 1.54) is 41.3 Å². The maximum Gasteiger partial charge on any atom is 0.137 e. The fraction of sp³-hybridized carbons (Fsp3) is 0.556. The van der Waals surface area contributed by atoms with E-state index in [1.807, 2.05) is 0 Å². The quantitative estimate of drug-likeness (QED) is 0.844. The number of nitrogens with one attached hydrogen (secondary N) is 1. The van der Waals surface area contributed by atoms with Crippen molar-refractivity contribution in [3.05, 3.63) is 34.6 Å². The standard InChI is InChI=1S/C18H25NO/c1-5-8-19-17(14-6-7-14)16-10-15-12(3)9-11(2)13(4)18(15)20-16/h9-10,14,17,19H,5-8H2,1-4H3. The van der Waals surface area contributed by atoms with Crippen LogP contribution in [-0.2, 0) is 0 Å². The molecule has 1 saturated carbocycles. The first-order valence-corrected chi connectivity index (χ1v) is 7.85. The summed E-state index contributed by atoms with van der Waals surface area (Å²) in [4.78, 5) is 0. The maximum absolute atomic E-state index is 6.26. The number of hydrogen-bond acceptors (Lipinski definition) is 2. The topological polar surface area (TPSA) is 25.2 Å². The smallest absolute Gasteiger partial charge is 0.137 e. The molecule has 1 aliphatic carbocycles. The second-order valence-electron chi connectivity index (χ2n) is 6.30. The Bertz CT molecular complexity index is 622. The number of aryl methyl sites for hydroxylation is 3. The summed E-state index contributed by atoms with van der Waals surface area (Å²) in [7, 11) is 0. The van der Waals surface area contributed by atoms with Gasteiger partial charge < -0.3 is 9.73 Å². The molecular weight excluding hydrogens is 246 g/mol. The molecule has 0 spiro atoms. The highest BCUT2D eigenvalue weighted by Crippen LogP contribution is 2.43. The summed E-state index contributed by atoms with van der Waals surface area (Å²) in [6.07, 6.45) is 3.82. The van der Waals surface area contributed by atoms with Crippen molar-refractivity contribution in [1.29, 1.82) is 0 Å². The van der Waals surface area contributed by atoms with Gasteiger partial charge >= 0.3 is 0 Å². The molecule has 108 valence electrons. The van der Waals surface area contributed by atoms with Crippen LogP contribution in [0.3, 0.4) is 0 Å². The molecule has 0 saturated heterocycles. The zero-order valence-corrected chi connectivity index (χ0v) is 13.0. The molecule has 2 nitrogen and oxygen atoms in total. The maximum atomic E-state index is 6.26. The van der Waals surface area contributed by atoms with Crippen LogP contribution in [0.15, 0.2) is 16.5 Å². The van der Waals surface area contributed by atoms with Crippen molar-refractivity contribution in [2.45, 2.75) is 53.0 Å². The van der Waals surface area contributed by atoms with Gasteiger partial charge in [0, 0.05) is 5.39 Å². The van der Waals surface area contributed by atoms with Crippen LogP contribution in [0.1, 0.15) is 54.7 Å². The predicted molar refractivity (Wildman–Crippen MR) is 84.2 cm³/mol. The van der Waals surface area contributed by atoms with E-state index in [9.17, 15) is 0 Å². The number of fused-ring (bicyclic) bond motifs is 1. The molecule has 0 radical (unpaired) electrons. The van der Waals surface area contributed by atoms with Gasteiger partial charge in [-0.25, -0.2) is 0 Å². The molecule has 1 atom stereocenters. The van der Waals surface area contributed by atoms with Crippen LogP contribution in [0.5, 0.6) is 0 Å². The highest BCUT2D eigenvalue weighted by atomic mass is 16.3. The van der Waals surface area contributed by atoms with Crippen molar-refractivity contribution < 1.29 is 4.42 Å². The van der Waals surface area contributed by atoms with Crippen LogP contribution in [0.4, 0.5) is 0 Å². The molecule has 0 bridgehead atoms. The molecule has 3 rings (SSSR count). The number of furan rings is 1. The highest BCUT2D eigenvalue weighted by Gasteiger charge is 2.34. The molecule has 20 heavy (non-hydrogen) atoms. The van der Waals surface area contributed by atoms with Crippen LogP contribution in [0.25, 0.3) is 11.0 Å². The van der Waals surface area contributed by atoms with Crippen molar-refractivity contribution in [3.8, 4) is 0 Å². The summed E-state index contributed by atoms with van der Waals surface area (Å²) in [5, 5.41) is 4.95. The third kappa shape index (κ3) is 2.37. The highest BCUT2D eigenvalue weighted by molar-refractivity contribution is 5.85. The van der Waals surface area contributed by atoms with E-state index >= 15 is 0 Å². The van der Waals surface area contributed by atoms with Gasteiger partial charge in [0.25, 0.3) is 0 Å². The summed E-state index contributed by atoms with van der Waals surface area (Å²) in [6, 6.07) is 4.94. The van der Waals surface area contributed by atoms with Gasteiger partial charge in [-0.2, -0.15) is 0 Å². The zero-order valence-electron chi connectivity index (χ0n) is 13.0. The van der Waals surface area contributed by atoms with E-state index < -0.39 is 0 Å². The Morgan fingerprint density at radius 1 is 1.20 bits per heavy atom. The summed E-state index contributed by atoms with van der Waals surface area (Å²) in [5.41, 5.74) is 5.01. The van der Waals surface area contributed by atoms with Gasteiger partial charge in [-0.1, -0.05) is 13.0 Å². The summed E-state index contributed by atoms with van der Waals surface area (Å²) < 4.78 is 6.26. The van der Waals surface area contributed by atoms with Gasteiger partial charge in [-0.15, -0.1) is 0 Å². The van der Waals surface area contributed by atoms with Crippen LogP contribution in [-0.4, -0.2) is 6.54 Å². The molecule has 0 aliphatic heterocycles. The van der Waals surface area contributed by atoms with Crippen molar-refractivity contribution in [2.75, 3.05) is 6.54 Å². The number of rotatable bonds is 5. The second kappa shape index (κ2) is 5.25. The lowest BCUT2D eigenvalue weighted by Crippen LogP contribution is -2.23. The van der Waals surface area contributed by atoms with Gasteiger partial charge in [0.05, 0.1) is 6.04 Å². The Morgan fingerprint density at radius 3 is 2.60 bits per heavy atom. The second-order valence-corrected chi connectivity index (χ2v) is 6.30. The summed E-state index contributed by atoms with van der Waals surface area (Å²) in [6.45, 7) is 9.79. The first kappa shape index (κ1) is 13.7. The monoisotopic (exact) mass is 271 g/mol. The van der Waals surface area contributed by atoms with Crippen LogP contribution in [0, 0.1) is 26.7 Å². The summed E-state index contributed by atoms with van der Waals surface area (Å²) in [5.74, 6) is 1.90. The molecule has 2 heteroatoms. The molecule has 1 N–H and O–H groups in total. The SMILES string of the molecule is CCCNC(c1cc2c(C)cc(C)c(C)c2o1)C1CC1. The van der Waals surface area contributed by atoms with Gasteiger partial charge in [0.2, 0.25) is 0 Å². The molecule has 1 unspecified atom stereocenters. The average Bonchev–Trinajstić information content (AvgIpc) is 3.15. The lowest BCUT2D eigenvalue weighted by Gasteiger charge is -2.15. The van der Waals surface area contributed by atoms with E-state index in [1.54, 1.807) is 0 Å². The van der Waals surface area contributed by atoms with E-state index in [0.29, 0.717) is 6.04 Å². The summed E-state index contributed by atoms with van der Waals surface area (Å²) >= 11 is 0. The van der Waals surface area contributed by atoms with E-state index in [0.717, 1.165) is 23.8 Å². The van der Waals surface area contributed by atoms with Crippen molar-refractivity contribution in [1.82, 2.24) is 5.32 Å². The number of hydrogen-bond donors (Lipinski definition) is 1. The lowest BCUT2D eigenvalue weighted by atomic mass is 10.0. The number of benzene rings is 1. The minimum atomic E-state index is 0.404. The van der Waals surface area contributed by atoms with Crippen molar-refractivity contribution >= 4 is 11.0 Å². The van der Waals surface area contributed by atoms with Gasteiger partial charge in [0.1, 0.15) is 11.3 Å². The van der Waals surface area contributed by atoms with Crippen molar-refractivity contribution in [2.24, 2.45) is 5.92 Å². The van der Waals surface area contributed by atoms with Gasteiger partial charge in [-0.05, 0) is 75.3 Å². The molecule has 1 aliphatic rings. The minimum absolute atomic E-state index is 0.404. The van der Waals surface area contributed by atoms with Gasteiger partial charge in [-0.3, -0.25) is 0 Å². The van der Waals surface area contributed by atoms with Crippen LogP contribution >= 0.6 is 0 Å². The van der Waals surface area contributed by atoms with E-state index in [4.69, 9.17) is 4.42 Å². The van der Waals surface area contributed by atoms with Crippen molar-refractivity contribution in [3.63, 3.8) is 0 Å². The zero-order chi connectivity index (χ0) is 14.3. The molecule has 1 fully saturated rings. The molecule has 1 aromatic carbocycles. The minimum Gasteiger partial charge on any atom is -0.459 e. The fourth-order valence-corrected chi connectivity index (χ4v) is 3.05. The molecule has 1 aromatic heterocycles. The lowest BCUT2D eigenvalue weighted by molar-refractivity contribution is 0.396. The Labute approximate surface area is 121 Å². The average molecular weight is 271 g/mol. The van der Waals surface area contributed by atoms with Gasteiger partial charge in [0.15, 0.2) is 0 Å². The first-order valence-electron chi connectivity index (χ1n) is 7.85. The Hall–Kier alpha value is -1.28. The molecule has 0 amide bonds. The fourth-order valence-electron chi connectivity index (χ4n) is 3.05. The molecule has 1 heterocycles.